The molecule has 1 fully saturated rings. The number of carbonyl (C=O) groups excluding carboxylic acids is 4. The standard InChI is InChI=1S/C48H63N7O9S/c1-31(34-8-10-35(11-9-34)44-32(2)51-30-65-44)52-46(59)41-27-36(56)29-55(41)47(60)45(48(3,4)5)54-43(58)15-18-61-20-22-63-24-25-64-23-21-62-19-17-50-42(57)13-7-33-6-12-37-38-28-49-16-14-39(38)53-40(37)26-33/h6,8-12,14,16,26,28,30-31,36,41,45,53,56H,7,13,15,17-25,27,29H2,1-5H3,(H,50,57)(H,52,59)(H,54,58)/t31?,36-,41+,45?/m1/s1. The maximum absolute atomic E-state index is 14.0. The molecule has 6 rings (SSSR count). The van der Waals surface area contributed by atoms with Crippen molar-refractivity contribution in [2.45, 2.75) is 84.5 Å². The van der Waals surface area contributed by atoms with Gasteiger partial charge in [-0.25, -0.2) is 4.98 Å². The number of benzene rings is 2. The molecule has 3 aromatic heterocycles. The van der Waals surface area contributed by atoms with Crippen LogP contribution in [0.2, 0.25) is 0 Å². The van der Waals surface area contributed by atoms with Crippen LogP contribution in [0.5, 0.6) is 0 Å². The van der Waals surface area contributed by atoms with E-state index in [1.807, 2.05) is 76.7 Å². The van der Waals surface area contributed by atoms with E-state index in [1.54, 1.807) is 17.5 Å². The van der Waals surface area contributed by atoms with Crippen LogP contribution in [0.15, 0.2) is 66.4 Å². The molecule has 5 aromatic rings. The summed E-state index contributed by atoms with van der Waals surface area (Å²) < 4.78 is 22.3. The number of likely N-dealkylation sites (tertiary alicyclic amines) is 1. The van der Waals surface area contributed by atoms with Gasteiger partial charge in [-0.3, -0.25) is 24.2 Å². The summed E-state index contributed by atoms with van der Waals surface area (Å²) in [6.45, 7) is 12.4. The Balaban J connectivity index is 0.786. The zero-order valence-electron chi connectivity index (χ0n) is 38.0. The summed E-state index contributed by atoms with van der Waals surface area (Å²) in [4.78, 5) is 67.4. The Hall–Kier alpha value is -5.30. The minimum absolute atomic E-state index is 0.00827. The molecule has 1 saturated heterocycles. The van der Waals surface area contributed by atoms with Gasteiger partial charge in [0.1, 0.15) is 12.1 Å². The third-order valence-electron chi connectivity index (χ3n) is 11.3. The van der Waals surface area contributed by atoms with Gasteiger partial charge in [0, 0.05) is 66.6 Å². The first kappa shape index (κ1) is 49.1. The van der Waals surface area contributed by atoms with Gasteiger partial charge >= 0.3 is 0 Å². The largest absolute Gasteiger partial charge is 0.391 e. The van der Waals surface area contributed by atoms with Crippen LogP contribution in [-0.2, 0) is 44.5 Å². The molecule has 1 aliphatic heterocycles. The molecule has 4 amide bonds. The van der Waals surface area contributed by atoms with Crippen LogP contribution >= 0.6 is 11.3 Å². The number of rotatable bonds is 24. The minimum Gasteiger partial charge on any atom is -0.391 e. The normalized spacial score (nSPS) is 16.2. The van der Waals surface area contributed by atoms with E-state index in [1.165, 1.54) is 4.90 Å². The quantitative estimate of drug-likeness (QED) is 0.0520. The van der Waals surface area contributed by atoms with E-state index in [0.29, 0.717) is 59.0 Å². The predicted octanol–water partition coefficient (Wildman–Crippen LogP) is 5.02. The lowest BCUT2D eigenvalue weighted by Crippen LogP contribution is -2.58. The molecule has 2 unspecified atom stereocenters. The predicted molar refractivity (Wildman–Crippen MR) is 249 cm³/mol. The molecule has 4 atom stereocenters. The van der Waals surface area contributed by atoms with Gasteiger partial charge < -0.3 is 49.9 Å². The summed E-state index contributed by atoms with van der Waals surface area (Å²) in [7, 11) is 0. The SMILES string of the molecule is Cc1ncsc1-c1ccc(C(C)NC(=O)[C@@H]2C[C@@H](O)CN2C(=O)C(NC(=O)CCOCCOCCOCCOCCNC(=O)CCc2ccc3c(c2)[nH]c2ccncc23)C(C)(C)C)cc1. The number of aryl methyl sites for hydroxylation is 2. The van der Waals surface area contributed by atoms with E-state index in [4.69, 9.17) is 18.9 Å². The van der Waals surface area contributed by atoms with Crippen molar-refractivity contribution in [3.63, 3.8) is 0 Å². The van der Waals surface area contributed by atoms with Gasteiger partial charge in [-0.05, 0) is 54.5 Å². The number of aromatic amines is 1. The molecule has 16 nitrogen and oxygen atoms in total. The first-order valence-electron chi connectivity index (χ1n) is 22.3. The lowest BCUT2D eigenvalue weighted by Gasteiger charge is -2.35. The molecule has 0 bridgehead atoms. The van der Waals surface area contributed by atoms with Crippen LogP contribution in [-0.4, -0.2) is 133 Å². The number of hydrogen-bond acceptors (Lipinski definition) is 12. The van der Waals surface area contributed by atoms with Gasteiger partial charge in [-0.2, -0.15) is 0 Å². The average Bonchev–Trinajstić information content (AvgIpc) is 4.01. The number of aromatic nitrogens is 3. The number of amides is 4. The fourth-order valence-corrected chi connectivity index (χ4v) is 8.54. The van der Waals surface area contributed by atoms with Crippen LogP contribution < -0.4 is 16.0 Å². The smallest absolute Gasteiger partial charge is 0.246 e. The van der Waals surface area contributed by atoms with Crippen molar-refractivity contribution >= 4 is 56.8 Å². The number of hydrogen-bond donors (Lipinski definition) is 5. The Labute approximate surface area is 384 Å². The van der Waals surface area contributed by atoms with Crippen LogP contribution in [0.3, 0.4) is 0 Å². The van der Waals surface area contributed by atoms with Crippen LogP contribution in [0.4, 0.5) is 0 Å². The zero-order chi connectivity index (χ0) is 46.3. The van der Waals surface area contributed by atoms with Crippen molar-refractivity contribution in [1.29, 1.82) is 0 Å². The Bertz CT molecular complexity index is 2340. The van der Waals surface area contributed by atoms with Crippen molar-refractivity contribution in [3.05, 3.63) is 83.3 Å². The fourth-order valence-electron chi connectivity index (χ4n) is 7.73. The number of β-amino-alcohol motifs (C(OH)–C–C–N with tert-alkyl or cyclic N) is 1. The molecule has 4 heterocycles. The molecule has 1 aliphatic rings. The third-order valence-corrected chi connectivity index (χ3v) is 12.3. The highest BCUT2D eigenvalue weighted by Gasteiger charge is 2.44. The van der Waals surface area contributed by atoms with Gasteiger partial charge in [0.2, 0.25) is 23.6 Å². The number of carbonyl (C=O) groups is 4. The molecule has 0 aliphatic carbocycles. The first-order chi connectivity index (χ1) is 31.3. The van der Waals surface area contributed by atoms with E-state index in [-0.39, 0.29) is 56.4 Å². The maximum Gasteiger partial charge on any atom is 0.246 e. The number of aliphatic hydroxyl groups excluding tert-OH is 1. The summed E-state index contributed by atoms with van der Waals surface area (Å²) in [6.07, 6.45) is 3.91. The van der Waals surface area contributed by atoms with Crippen molar-refractivity contribution in [2.75, 3.05) is 65.9 Å². The number of nitrogens with one attached hydrogen (secondary N) is 4. The molecule has 0 spiro atoms. The molecule has 2 aromatic carbocycles. The number of H-pyrrole nitrogens is 1. The zero-order valence-corrected chi connectivity index (χ0v) is 38.8. The first-order valence-corrected chi connectivity index (χ1v) is 23.2. The van der Waals surface area contributed by atoms with Crippen LogP contribution in [0, 0.1) is 12.3 Å². The van der Waals surface area contributed by atoms with Crippen molar-refractivity contribution in [1.82, 2.24) is 35.8 Å². The molecule has 350 valence electrons. The summed E-state index contributed by atoms with van der Waals surface area (Å²) in [5, 5.41) is 21.6. The summed E-state index contributed by atoms with van der Waals surface area (Å²) >= 11 is 1.57. The third kappa shape index (κ3) is 14.1. The summed E-state index contributed by atoms with van der Waals surface area (Å²) in [5.41, 5.74) is 7.22. The highest BCUT2D eigenvalue weighted by atomic mass is 32.1. The Morgan fingerprint density at radius 3 is 2.23 bits per heavy atom. The number of thiazole rings is 1. The van der Waals surface area contributed by atoms with Crippen molar-refractivity contribution < 1.29 is 43.2 Å². The van der Waals surface area contributed by atoms with Gasteiger partial charge in [-0.15, -0.1) is 11.3 Å². The Kier molecular flexibility index (Phi) is 18.0. The Morgan fingerprint density at radius 2 is 1.55 bits per heavy atom. The number of ether oxygens (including phenoxy) is 4. The second-order valence-electron chi connectivity index (χ2n) is 17.4. The molecule has 17 heteroatoms. The number of nitrogens with zero attached hydrogens (tertiary/aromatic N) is 3. The lowest BCUT2D eigenvalue weighted by atomic mass is 9.85. The van der Waals surface area contributed by atoms with Gasteiger partial charge in [0.05, 0.1) is 81.1 Å². The maximum atomic E-state index is 14.0. The van der Waals surface area contributed by atoms with E-state index in [0.717, 1.165) is 49.1 Å². The lowest BCUT2D eigenvalue weighted by molar-refractivity contribution is -0.144. The van der Waals surface area contributed by atoms with Gasteiger partial charge in [0.25, 0.3) is 0 Å². The van der Waals surface area contributed by atoms with E-state index < -0.39 is 29.5 Å². The second kappa shape index (κ2) is 23.8. The summed E-state index contributed by atoms with van der Waals surface area (Å²) in [6, 6.07) is 13.9. The van der Waals surface area contributed by atoms with E-state index in [2.05, 4.69) is 49.1 Å². The molecule has 0 saturated carbocycles. The van der Waals surface area contributed by atoms with E-state index >= 15 is 0 Å². The van der Waals surface area contributed by atoms with Crippen molar-refractivity contribution in [3.8, 4) is 10.4 Å². The Morgan fingerprint density at radius 1 is 0.862 bits per heavy atom. The van der Waals surface area contributed by atoms with Crippen LogP contribution in [0.25, 0.3) is 32.2 Å². The summed E-state index contributed by atoms with van der Waals surface area (Å²) in [5.74, 6) is -1.18. The van der Waals surface area contributed by atoms with Gasteiger partial charge in [-0.1, -0.05) is 57.2 Å². The molecule has 5 N–H and O–H groups in total. The molecule has 0 radical (unpaired) electrons. The highest BCUT2D eigenvalue weighted by molar-refractivity contribution is 7.13. The number of aliphatic hydroxyl groups is 1. The highest BCUT2D eigenvalue weighted by Crippen LogP contribution is 2.30. The molecule has 65 heavy (non-hydrogen) atoms. The topological polar surface area (TPSA) is 206 Å². The molecular weight excluding hydrogens is 851 g/mol. The monoisotopic (exact) mass is 913 g/mol. The average molecular weight is 914 g/mol. The number of pyridine rings is 1. The van der Waals surface area contributed by atoms with E-state index in [9.17, 15) is 24.3 Å². The fraction of sp³-hybridized carbons (Fsp3) is 0.500. The minimum atomic E-state index is -0.932. The molecular formula is C48H63N7O9S. The van der Waals surface area contributed by atoms with Crippen molar-refractivity contribution in [2.24, 2.45) is 5.41 Å². The number of fused-ring (bicyclic) bond motifs is 3. The van der Waals surface area contributed by atoms with Crippen LogP contribution in [0.1, 0.15) is 69.8 Å². The van der Waals surface area contributed by atoms with Gasteiger partial charge in [0.15, 0.2) is 0 Å². The second-order valence-corrected chi connectivity index (χ2v) is 18.2.